The maximum Gasteiger partial charge on any atom is 0.329 e. The second kappa shape index (κ2) is 4.74. The van der Waals surface area contributed by atoms with Gasteiger partial charge in [0, 0.05) is 24.7 Å². The molecule has 5 heteroatoms. The summed E-state index contributed by atoms with van der Waals surface area (Å²) in [5, 5.41) is 12.9. The van der Waals surface area contributed by atoms with Gasteiger partial charge in [-0.3, -0.25) is 0 Å². The Bertz CT molecular complexity index is 528. The zero-order chi connectivity index (χ0) is 14.3. The number of nitrogens with one attached hydrogen (secondary N) is 1. The first kappa shape index (κ1) is 13.4. The molecule has 1 aromatic carbocycles. The van der Waals surface area contributed by atoms with Crippen molar-refractivity contribution in [3.63, 3.8) is 0 Å². The van der Waals surface area contributed by atoms with Gasteiger partial charge >= 0.3 is 5.97 Å². The number of piperidine rings is 1. The van der Waals surface area contributed by atoms with E-state index >= 15 is 0 Å². The molecule has 0 radical (unpaired) electrons. The highest BCUT2D eigenvalue weighted by Gasteiger charge is 2.51. The lowest BCUT2D eigenvalue weighted by Crippen LogP contribution is -2.57. The van der Waals surface area contributed by atoms with Crippen LogP contribution in [0.3, 0.4) is 0 Å². The third-order valence-electron chi connectivity index (χ3n) is 4.58. The predicted molar refractivity (Wildman–Crippen MR) is 74.3 cm³/mol. The molecule has 0 spiro atoms. The second-order valence-electron chi connectivity index (χ2n) is 5.95. The maximum absolute atomic E-state index is 13.5. The largest absolute Gasteiger partial charge is 0.479 e. The van der Waals surface area contributed by atoms with E-state index in [0.717, 1.165) is 31.6 Å². The summed E-state index contributed by atoms with van der Waals surface area (Å²) in [5.41, 5.74) is 0.384. The Morgan fingerprint density at radius 3 is 2.95 bits per heavy atom. The van der Waals surface area contributed by atoms with E-state index in [9.17, 15) is 14.3 Å². The van der Waals surface area contributed by atoms with Crippen LogP contribution in [0, 0.1) is 18.7 Å². The minimum absolute atomic E-state index is 0.0809. The smallest absolute Gasteiger partial charge is 0.329 e. The molecule has 0 aromatic heterocycles. The van der Waals surface area contributed by atoms with Gasteiger partial charge in [0.15, 0.2) is 0 Å². The normalized spacial score (nSPS) is 32.1. The number of benzene rings is 1. The van der Waals surface area contributed by atoms with Crippen molar-refractivity contribution in [2.45, 2.75) is 25.3 Å². The van der Waals surface area contributed by atoms with E-state index in [1.165, 1.54) is 12.1 Å². The number of hydrogen-bond donors (Lipinski definition) is 2. The summed E-state index contributed by atoms with van der Waals surface area (Å²) in [6, 6.07) is 4.62. The SMILES string of the molecule is Cc1cc(F)cc(NC2(C(=O)O)CCN3CCC2C3)c1. The Hall–Kier alpha value is -1.62. The Morgan fingerprint density at radius 2 is 2.25 bits per heavy atom. The summed E-state index contributed by atoms with van der Waals surface area (Å²) in [6.45, 7) is 4.36. The molecule has 2 aliphatic heterocycles. The molecule has 2 heterocycles. The summed E-state index contributed by atoms with van der Waals surface area (Å²) in [5.74, 6) is -1.08. The predicted octanol–water partition coefficient (Wildman–Crippen LogP) is 2.10. The first-order valence-electron chi connectivity index (χ1n) is 7.01. The van der Waals surface area contributed by atoms with Crippen molar-refractivity contribution in [2.24, 2.45) is 5.92 Å². The van der Waals surface area contributed by atoms with Gasteiger partial charge in [-0.1, -0.05) is 0 Å². The molecule has 3 unspecified atom stereocenters. The Kier molecular flexibility index (Phi) is 3.17. The van der Waals surface area contributed by atoms with Gasteiger partial charge in [-0.25, -0.2) is 9.18 Å². The van der Waals surface area contributed by atoms with Crippen LogP contribution < -0.4 is 5.32 Å². The van der Waals surface area contributed by atoms with Crippen molar-refractivity contribution in [1.82, 2.24) is 4.90 Å². The highest BCUT2D eigenvalue weighted by Crippen LogP contribution is 2.38. The van der Waals surface area contributed by atoms with E-state index in [4.69, 9.17) is 0 Å². The third-order valence-corrected chi connectivity index (χ3v) is 4.58. The van der Waals surface area contributed by atoms with Crippen LogP contribution in [0.15, 0.2) is 18.2 Å². The van der Waals surface area contributed by atoms with Crippen LogP contribution in [-0.4, -0.2) is 41.1 Å². The molecular weight excluding hydrogens is 259 g/mol. The van der Waals surface area contributed by atoms with Crippen LogP contribution in [0.5, 0.6) is 0 Å². The monoisotopic (exact) mass is 278 g/mol. The number of hydrogen-bond acceptors (Lipinski definition) is 3. The number of carboxylic acid groups (broad SMARTS) is 1. The van der Waals surface area contributed by atoms with Crippen LogP contribution >= 0.6 is 0 Å². The van der Waals surface area contributed by atoms with Gasteiger partial charge in [0.25, 0.3) is 0 Å². The molecule has 108 valence electrons. The number of nitrogens with zero attached hydrogens (tertiary/aromatic N) is 1. The highest BCUT2D eigenvalue weighted by molar-refractivity contribution is 5.83. The summed E-state index contributed by atoms with van der Waals surface area (Å²) < 4.78 is 13.5. The zero-order valence-corrected chi connectivity index (χ0v) is 11.5. The number of aliphatic carboxylic acids is 1. The summed E-state index contributed by atoms with van der Waals surface area (Å²) in [4.78, 5) is 14.2. The molecule has 0 saturated carbocycles. The molecule has 2 aliphatic rings. The minimum atomic E-state index is -0.965. The number of carbonyl (C=O) groups is 1. The first-order valence-corrected chi connectivity index (χ1v) is 7.01. The topological polar surface area (TPSA) is 52.6 Å². The molecule has 3 atom stereocenters. The van der Waals surface area contributed by atoms with Crippen molar-refractivity contribution in [3.05, 3.63) is 29.6 Å². The molecule has 2 bridgehead atoms. The van der Waals surface area contributed by atoms with E-state index in [-0.39, 0.29) is 11.7 Å². The second-order valence-corrected chi connectivity index (χ2v) is 5.95. The number of aryl methyl sites for hydroxylation is 1. The van der Waals surface area contributed by atoms with Gasteiger partial charge in [0.05, 0.1) is 0 Å². The van der Waals surface area contributed by atoms with Crippen molar-refractivity contribution in [2.75, 3.05) is 25.0 Å². The Balaban J connectivity index is 1.93. The molecule has 4 nitrogen and oxygen atoms in total. The van der Waals surface area contributed by atoms with E-state index in [1.807, 2.05) is 0 Å². The van der Waals surface area contributed by atoms with E-state index < -0.39 is 11.5 Å². The van der Waals surface area contributed by atoms with Gasteiger partial charge in [-0.05, 0) is 50.1 Å². The molecule has 3 rings (SSSR count). The van der Waals surface area contributed by atoms with Crippen molar-refractivity contribution >= 4 is 11.7 Å². The van der Waals surface area contributed by atoms with Crippen LogP contribution in [0.2, 0.25) is 0 Å². The highest BCUT2D eigenvalue weighted by atomic mass is 19.1. The fraction of sp³-hybridized carbons (Fsp3) is 0.533. The van der Waals surface area contributed by atoms with Crippen LogP contribution in [-0.2, 0) is 4.79 Å². The lowest BCUT2D eigenvalue weighted by Gasteiger charge is -2.40. The van der Waals surface area contributed by atoms with E-state index in [0.29, 0.717) is 12.1 Å². The van der Waals surface area contributed by atoms with E-state index in [2.05, 4.69) is 10.2 Å². The number of rotatable bonds is 3. The lowest BCUT2D eigenvalue weighted by molar-refractivity contribution is -0.145. The van der Waals surface area contributed by atoms with Gasteiger partial charge in [-0.15, -0.1) is 0 Å². The Labute approximate surface area is 117 Å². The standard InChI is InChI=1S/C15H19FN2O2/c1-10-6-12(16)8-13(7-10)17-15(14(19)20)3-5-18-4-2-11(15)9-18/h6-8,11,17H,2-5,9H2,1H3,(H,19,20). The fourth-order valence-corrected chi connectivity index (χ4v) is 3.54. The molecule has 2 fully saturated rings. The van der Waals surface area contributed by atoms with Gasteiger partial charge in [0.1, 0.15) is 11.4 Å². The maximum atomic E-state index is 13.5. The van der Waals surface area contributed by atoms with Crippen LogP contribution in [0.4, 0.5) is 10.1 Å². The average Bonchev–Trinajstić information content (AvgIpc) is 2.76. The molecule has 20 heavy (non-hydrogen) atoms. The molecule has 2 saturated heterocycles. The van der Waals surface area contributed by atoms with Crippen molar-refractivity contribution in [1.29, 1.82) is 0 Å². The molecule has 0 aliphatic carbocycles. The van der Waals surface area contributed by atoms with Crippen LogP contribution in [0.25, 0.3) is 0 Å². The number of halogens is 1. The lowest BCUT2D eigenvalue weighted by atomic mass is 9.78. The average molecular weight is 278 g/mol. The molecular formula is C15H19FN2O2. The van der Waals surface area contributed by atoms with Crippen molar-refractivity contribution < 1.29 is 14.3 Å². The minimum Gasteiger partial charge on any atom is -0.479 e. The summed E-state index contributed by atoms with van der Waals surface area (Å²) in [6.07, 6.45) is 1.44. The van der Waals surface area contributed by atoms with Crippen molar-refractivity contribution in [3.8, 4) is 0 Å². The number of anilines is 1. The van der Waals surface area contributed by atoms with Gasteiger partial charge in [0.2, 0.25) is 0 Å². The summed E-state index contributed by atoms with van der Waals surface area (Å²) in [7, 11) is 0. The molecule has 0 amide bonds. The number of fused-ring (bicyclic) bond motifs is 2. The fourth-order valence-electron chi connectivity index (χ4n) is 3.54. The number of carboxylic acids is 1. The zero-order valence-electron chi connectivity index (χ0n) is 11.5. The quantitative estimate of drug-likeness (QED) is 0.889. The first-order chi connectivity index (χ1) is 9.49. The molecule has 2 N–H and O–H groups in total. The van der Waals surface area contributed by atoms with Gasteiger partial charge in [-0.2, -0.15) is 0 Å². The summed E-state index contributed by atoms with van der Waals surface area (Å²) >= 11 is 0. The van der Waals surface area contributed by atoms with Crippen LogP contribution in [0.1, 0.15) is 18.4 Å². The Morgan fingerprint density at radius 1 is 1.45 bits per heavy atom. The molecule has 1 aromatic rings. The van der Waals surface area contributed by atoms with Gasteiger partial charge < -0.3 is 15.3 Å². The van der Waals surface area contributed by atoms with E-state index in [1.54, 1.807) is 13.0 Å². The third kappa shape index (κ3) is 2.16.